The molecule has 0 bridgehead atoms. The minimum Gasteiger partial charge on any atom is -0.303 e. The van der Waals surface area contributed by atoms with Crippen LogP contribution in [0.4, 0.5) is 0 Å². The summed E-state index contributed by atoms with van der Waals surface area (Å²) in [4.78, 5) is 12.1. The third-order valence-electron chi connectivity index (χ3n) is 3.26. The van der Waals surface area contributed by atoms with E-state index in [0.29, 0.717) is 12.2 Å². The Kier molecular flexibility index (Phi) is 4.10. The summed E-state index contributed by atoms with van der Waals surface area (Å²) >= 11 is 0. The van der Waals surface area contributed by atoms with Crippen LogP contribution in [0.15, 0.2) is 36.9 Å². The Balaban J connectivity index is 2.07. The number of Topliss-reactive ketones (excluding diaryl/α,β-unsaturated/α-hetero) is 1. The number of carbonyl (C=O) groups is 1. The summed E-state index contributed by atoms with van der Waals surface area (Å²) in [5.41, 5.74) is 2.48. The van der Waals surface area contributed by atoms with Crippen molar-refractivity contribution in [2.75, 3.05) is 6.54 Å². The average Bonchev–Trinajstić information content (AvgIpc) is 2.38. The molecule has 0 amide bonds. The van der Waals surface area contributed by atoms with E-state index in [0.717, 1.165) is 25.8 Å². The van der Waals surface area contributed by atoms with Crippen molar-refractivity contribution in [3.05, 3.63) is 48.0 Å². The number of unbranched alkanes of at least 4 members (excludes halogenated alkanes) is 1. The van der Waals surface area contributed by atoms with Crippen molar-refractivity contribution in [2.45, 2.75) is 31.7 Å². The van der Waals surface area contributed by atoms with E-state index in [9.17, 15) is 4.79 Å². The molecule has 1 aromatic carbocycles. The van der Waals surface area contributed by atoms with E-state index < -0.39 is 0 Å². The first-order chi connectivity index (χ1) is 8.33. The summed E-state index contributed by atoms with van der Waals surface area (Å²) < 4.78 is 0. The van der Waals surface area contributed by atoms with Gasteiger partial charge in [-0.1, -0.05) is 30.3 Å². The molecule has 1 aromatic rings. The molecular formula is C15H19NO. The summed E-state index contributed by atoms with van der Waals surface area (Å²) in [6, 6.07) is 8.15. The molecule has 2 nitrogen and oxygen atoms in total. The first-order valence-corrected chi connectivity index (χ1v) is 6.27. The molecule has 0 saturated heterocycles. The van der Waals surface area contributed by atoms with E-state index in [2.05, 4.69) is 24.0 Å². The van der Waals surface area contributed by atoms with Crippen LogP contribution in [0.25, 0.3) is 0 Å². The van der Waals surface area contributed by atoms with E-state index in [1.807, 2.05) is 18.2 Å². The van der Waals surface area contributed by atoms with Crippen LogP contribution in [0.5, 0.6) is 0 Å². The zero-order chi connectivity index (χ0) is 12.1. The number of ketones is 1. The highest BCUT2D eigenvalue weighted by Gasteiger charge is 2.24. The number of nitrogens with one attached hydrogen (secondary N) is 1. The maximum Gasteiger partial charge on any atom is 0.154 e. The van der Waals surface area contributed by atoms with E-state index in [1.165, 1.54) is 11.1 Å². The number of carbonyl (C=O) groups excluding carboxylic acids is 1. The molecule has 0 aromatic heterocycles. The maximum atomic E-state index is 12.1. The predicted molar refractivity (Wildman–Crippen MR) is 69.9 cm³/mol. The number of allylic oxidation sites excluding steroid dienone is 1. The number of fused-ring (bicyclic) bond motifs is 1. The van der Waals surface area contributed by atoms with Gasteiger partial charge in [0, 0.05) is 13.0 Å². The average molecular weight is 229 g/mol. The minimum atomic E-state index is -0.0928. The summed E-state index contributed by atoms with van der Waals surface area (Å²) in [5, 5.41) is 3.33. The largest absolute Gasteiger partial charge is 0.303 e. The van der Waals surface area contributed by atoms with Crippen molar-refractivity contribution in [2.24, 2.45) is 0 Å². The second kappa shape index (κ2) is 5.78. The first-order valence-electron chi connectivity index (χ1n) is 6.27. The van der Waals surface area contributed by atoms with Gasteiger partial charge in [0.2, 0.25) is 0 Å². The summed E-state index contributed by atoms with van der Waals surface area (Å²) in [6.45, 7) is 4.58. The monoisotopic (exact) mass is 229 g/mol. The molecule has 0 saturated carbocycles. The summed E-state index contributed by atoms with van der Waals surface area (Å²) in [5.74, 6) is 0.305. The van der Waals surface area contributed by atoms with Gasteiger partial charge in [0.1, 0.15) is 0 Å². The van der Waals surface area contributed by atoms with Crippen LogP contribution in [-0.4, -0.2) is 12.3 Å². The molecule has 90 valence electrons. The molecule has 1 N–H and O–H groups in total. The van der Waals surface area contributed by atoms with Gasteiger partial charge in [-0.15, -0.1) is 6.58 Å². The van der Waals surface area contributed by atoms with E-state index in [-0.39, 0.29) is 6.04 Å². The van der Waals surface area contributed by atoms with Crippen molar-refractivity contribution >= 4 is 5.78 Å². The van der Waals surface area contributed by atoms with Crippen LogP contribution in [0.1, 0.15) is 36.4 Å². The van der Waals surface area contributed by atoms with Crippen LogP contribution in [0.2, 0.25) is 0 Å². The Morgan fingerprint density at radius 1 is 1.47 bits per heavy atom. The highest BCUT2D eigenvalue weighted by Crippen LogP contribution is 2.24. The molecule has 0 fully saturated rings. The predicted octanol–water partition coefficient (Wildman–Crippen LogP) is 2.80. The molecule has 1 atom stereocenters. The molecule has 0 aliphatic carbocycles. The van der Waals surface area contributed by atoms with E-state index >= 15 is 0 Å². The van der Waals surface area contributed by atoms with Gasteiger partial charge in [-0.3, -0.25) is 4.79 Å². The lowest BCUT2D eigenvalue weighted by molar-refractivity contribution is -0.121. The fraction of sp³-hybridized carbons (Fsp3) is 0.400. The van der Waals surface area contributed by atoms with Crippen LogP contribution in [0.3, 0.4) is 0 Å². The molecule has 1 heterocycles. The lowest BCUT2D eigenvalue weighted by atomic mass is 9.90. The molecular weight excluding hydrogens is 210 g/mol. The van der Waals surface area contributed by atoms with Gasteiger partial charge in [-0.25, -0.2) is 0 Å². The quantitative estimate of drug-likeness (QED) is 0.621. The normalized spacial score (nSPS) is 18.5. The van der Waals surface area contributed by atoms with E-state index in [1.54, 1.807) is 0 Å². The van der Waals surface area contributed by atoms with Gasteiger partial charge < -0.3 is 5.32 Å². The molecule has 2 heteroatoms. The van der Waals surface area contributed by atoms with Crippen molar-refractivity contribution in [1.29, 1.82) is 0 Å². The van der Waals surface area contributed by atoms with Crippen molar-refractivity contribution < 1.29 is 4.79 Å². The molecule has 17 heavy (non-hydrogen) atoms. The molecule has 0 radical (unpaired) electrons. The minimum absolute atomic E-state index is 0.0928. The molecule has 1 unspecified atom stereocenters. The second-order valence-corrected chi connectivity index (χ2v) is 4.48. The van der Waals surface area contributed by atoms with Crippen LogP contribution >= 0.6 is 0 Å². The molecule has 1 aliphatic heterocycles. The van der Waals surface area contributed by atoms with E-state index in [4.69, 9.17) is 0 Å². The van der Waals surface area contributed by atoms with Gasteiger partial charge in [0.25, 0.3) is 0 Å². The Hall–Kier alpha value is -1.41. The Labute approximate surface area is 103 Å². The lowest BCUT2D eigenvalue weighted by Crippen LogP contribution is -2.35. The fourth-order valence-electron chi connectivity index (χ4n) is 2.36. The number of benzene rings is 1. The number of rotatable bonds is 5. The van der Waals surface area contributed by atoms with Gasteiger partial charge in [-0.05, 0) is 30.4 Å². The highest BCUT2D eigenvalue weighted by atomic mass is 16.1. The van der Waals surface area contributed by atoms with Gasteiger partial charge >= 0.3 is 0 Å². The Bertz CT molecular complexity index is 411. The SMILES string of the molecule is C=CCCCC(=O)C1NCCc2ccccc21. The molecule has 1 aliphatic rings. The first kappa shape index (κ1) is 12.1. The van der Waals surface area contributed by atoms with Gasteiger partial charge in [-0.2, -0.15) is 0 Å². The fourth-order valence-corrected chi connectivity index (χ4v) is 2.36. The standard InChI is InChI=1S/C15H19NO/c1-2-3-4-9-14(17)15-13-8-6-5-7-12(13)10-11-16-15/h2,5-8,15-16H,1,3-4,9-11H2. The van der Waals surface area contributed by atoms with Crippen molar-refractivity contribution in [3.63, 3.8) is 0 Å². The van der Waals surface area contributed by atoms with Crippen LogP contribution in [-0.2, 0) is 11.2 Å². The van der Waals surface area contributed by atoms with Crippen LogP contribution in [0, 0.1) is 0 Å². The third-order valence-corrected chi connectivity index (χ3v) is 3.26. The zero-order valence-corrected chi connectivity index (χ0v) is 10.1. The van der Waals surface area contributed by atoms with Crippen LogP contribution < -0.4 is 5.32 Å². The topological polar surface area (TPSA) is 29.1 Å². The zero-order valence-electron chi connectivity index (χ0n) is 10.1. The van der Waals surface area contributed by atoms with Gasteiger partial charge in [0.15, 0.2) is 5.78 Å². The third kappa shape index (κ3) is 2.83. The Morgan fingerprint density at radius 3 is 3.12 bits per heavy atom. The lowest BCUT2D eigenvalue weighted by Gasteiger charge is -2.25. The second-order valence-electron chi connectivity index (χ2n) is 4.48. The number of hydrogen-bond acceptors (Lipinski definition) is 2. The van der Waals surface area contributed by atoms with Gasteiger partial charge in [0.05, 0.1) is 6.04 Å². The van der Waals surface area contributed by atoms with Crippen molar-refractivity contribution in [3.8, 4) is 0 Å². The summed E-state index contributed by atoms with van der Waals surface area (Å²) in [6.07, 6.45) is 5.35. The highest BCUT2D eigenvalue weighted by molar-refractivity contribution is 5.86. The summed E-state index contributed by atoms with van der Waals surface area (Å²) in [7, 11) is 0. The number of hydrogen-bond donors (Lipinski definition) is 1. The van der Waals surface area contributed by atoms with Crippen molar-refractivity contribution in [1.82, 2.24) is 5.32 Å². The maximum absolute atomic E-state index is 12.1. The molecule has 0 spiro atoms. The smallest absolute Gasteiger partial charge is 0.154 e. The molecule has 2 rings (SSSR count). The Morgan fingerprint density at radius 2 is 2.29 bits per heavy atom.